The maximum absolute atomic E-state index is 10.4. The number of rotatable bonds is 2. The molecule has 0 amide bonds. The molecule has 0 unspecified atom stereocenters. The van der Waals surface area contributed by atoms with Gasteiger partial charge in [0.2, 0.25) is 0 Å². The van der Waals surface area contributed by atoms with Crippen molar-refractivity contribution in [3.8, 4) is 0 Å². The number of carbonyl (C=O) groups excluding carboxylic acids is 1. The molecule has 0 bridgehead atoms. The van der Waals surface area contributed by atoms with Crippen molar-refractivity contribution in [2.24, 2.45) is 0 Å². The van der Waals surface area contributed by atoms with Crippen molar-refractivity contribution in [3.63, 3.8) is 0 Å². The summed E-state index contributed by atoms with van der Waals surface area (Å²) >= 11 is 0. The van der Waals surface area contributed by atoms with E-state index < -0.39 is 0 Å². The summed E-state index contributed by atoms with van der Waals surface area (Å²) in [6.07, 6.45) is 4.47. The summed E-state index contributed by atoms with van der Waals surface area (Å²) in [6.45, 7) is 1.66. The van der Waals surface area contributed by atoms with E-state index in [1.807, 2.05) is 0 Å². The minimum absolute atomic E-state index is 0.319. The Kier molecular flexibility index (Phi) is 1.66. The summed E-state index contributed by atoms with van der Waals surface area (Å²) in [4.78, 5) is 10.4. The van der Waals surface area contributed by atoms with Crippen LogP contribution in [0, 0.1) is 5.92 Å². The fourth-order valence-electron chi connectivity index (χ4n) is 0.956. The Bertz CT molecular complexity index is 92.6. The van der Waals surface area contributed by atoms with Crippen LogP contribution in [0.1, 0.15) is 32.6 Å². The van der Waals surface area contributed by atoms with Gasteiger partial charge in [-0.1, -0.05) is 6.42 Å². The molecule has 0 atom stereocenters. The van der Waals surface area contributed by atoms with E-state index >= 15 is 0 Å². The molecular weight excluding hydrogens is 100 g/mol. The summed E-state index contributed by atoms with van der Waals surface area (Å²) in [5, 5.41) is 0. The molecule has 1 nitrogen and oxygen atoms in total. The van der Waals surface area contributed by atoms with Gasteiger partial charge in [-0.3, -0.25) is 0 Å². The van der Waals surface area contributed by atoms with E-state index in [0.717, 1.165) is 6.42 Å². The summed E-state index contributed by atoms with van der Waals surface area (Å²) in [5.74, 6) is 1.78. The third-order valence-corrected chi connectivity index (χ3v) is 1.56. The highest BCUT2D eigenvalue weighted by Crippen LogP contribution is 2.31. The van der Waals surface area contributed by atoms with Gasteiger partial charge in [-0.25, -0.2) is 0 Å². The Balaban J connectivity index is 2.09. The van der Waals surface area contributed by atoms with Crippen molar-refractivity contribution in [2.75, 3.05) is 0 Å². The zero-order chi connectivity index (χ0) is 5.98. The summed E-state index contributed by atoms with van der Waals surface area (Å²) in [6, 6.07) is 0. The van der Waals surface area contributed by atoms with Gasteiger partial charge in [-0.15, -0.1) is 0 Å². The van der Waals surface area contributed by atoms with E-state index in [-0.39, 0.29) is 0 Å². The molecule has 45 valence electrons. The normalized spacial score (nSPS) is 20.1. The lowest BCUT2D eigenvalue weighted by Gasteiger charge is -2.22. The highest BCUT2D eigenvalue weighted by atomic mass is 16.1. The van der Waals surface area contributed by atoms with Crippen molar-refractivity contribution in [3.05, 3.63) is 5.92 Å². The van der Waals surface area contributed by atoms with Crippen molar-refractivity contribution < 1.29 is 4.79 Å². The van der Waals surface area contributed by atoms with Crippen molar-refractivity contribution in [2.45, 2.75) is 32.6 Å². The number of ketones is 1. The molecule has 1 aliphatic carbocycles. The Morgan fingerprint density at radius 2 is 2.25 bits per heavy atom. The van der Waals surface area contributed by atoms with Crippen LogP contribution in [0.4, 0.5) is 0 Å². The minimum Gasteiger partial charge on any atom is -0.300 e. The summed E-state index contributed by atoms with van der Waals surface area (Å²) in [7, 11) is 0. The van der Waals surface area contributed by atoms with Crippen LogP contribution in [0.5, 0.6) is 0 Å². The lowest BCUT2D eigenvalue weighted by molar-refractivity contribution is -0.116. The molecule has 1 radical (unpaired) electrons. The average molecular weight is 111 g/mol. The molecule has 0 N–H and O–H groups in total. The van der Waals surface area contributed by atoms with E-state index in [4.69, 9.17) is 0 Å². The number of Topliss-reactive ketones (excluding diaryl/α,β-unsaturated/α-hetero) is 1. The Hall–Kier alpha value is -0.330. The van der Waals surface area contributed by atoms with E-state index in [9.17, 15) is 4.79 Å². The molecule has 8 heavy (non-hydrogen) atoms. The Morgan fingerprint density at radius 1 is 1.62 bits per heavy atom. The smallest absolute Gasteiger partial charge is 0.130 e. The van der Waals surface area contributed by atoms with E-state index in [0.29, 0.717) is 5.78 Å². The van der Waals surface area contributed by atoms with Gasteiger partial charge in [0.25, 0.3) is 0 Å². The molecule has 0 saturated heterocycles. The first-order valence-corrected chi connectivity index (χ1v) is 3.12. The third kappa shape index (κ3) is 1.32. The first-order valence-electron chi connectivity index (χ1n) is 3.12. The molecule has 0 aromatic rings. The van der Waals surface area contributed by atoms with Crippen LogP contribution in [0.25, 0.3) is 0 Å². The SMILES string of the molecule is CC(=O)C[C]1CCC1. The molecule has 0 spiro atoms. The fourth-order valence-corrected chi connectivity index (χ4v) is 0.956. The molecule has 1 heteroatoms. The molecule has 0 aromatic carbocycles. The van der Waals surface area contributed by atoms with Crippen molar-refractivity contribution in [1.82, 2.24) is 0 Å². The minimum atomic E-state index is 0.319. The van der Waals surface area contributed by atoms with Gasteiger partial charge in [0.05, 0.1) is 0 Å². The lowest BCUT2D eigenvalue weighted by Crippen LogP contribution is -2.11. The van der Waals surface area contributed by atoms with Crippen LogP contribution < -0.4 is 0 Å². The zero-order valence-electron chi connectivity index (χ0n) is 5.24. The van der Waals surface area contributed by atoms with Crippen LogP contribution in [-0.2, 0) is 4.79 Å². The molecule has 1 rings (SSSR count). The van der Waals surface area contributed by atoms with E-state index in [1.165, 1.54) is 25.2 Å². The van der Waals surface area contributed by atoms with Crippen LogP contribution in [-0.4, -0.2) is 5.78 Å². The molecule has 1 saturated carbocycles. The maximum Gasteiger partial charge on any atom is 0.130 e. The average Bonchev–Trinajstić information content (AvgIpc) is 1.55. The van der Waals surface area contributed by atoms with Gasteiger partial charge >= 0.3 is 0 Å². The van der Waals surface area contributed by atoms with Gasteiger partial charge in [-0.05, 0) is 25.7 Å². The maximum atomic E-state index is 10.4. The largest absolute Gasteiger partial charge is 0.300 e. The molecule has 0 heterocycles. The summed E-state index contributed by atoms with van der Waals surface area (Å²) < 4.78 is 0. The van der Waals surface area contributed by atoms with E-state index in [2.05, 4.69) is 0 Å². The highest BCUT2D eigenvalue weighted by Gasteiger charge is 2.18. The van der Waals surface area contributed by atoms with Gasteiger partial charge in [-0.2, -0.15) is 0 Å². The number of carbonyl (C=O) groups is 1. The predicted molar refractivity (Wildman–Crippen MR) is 32.4 cm³/mol. The third-order valence-electron chi connectivity index (χ3n) is 1.56. The van der Waals surface area contributed by atoms with E-state index in [1.54, 1.807) is 6.92 Å². The lowest BCUT2D eigenvalue weighted by atomic mass is 9.82. The van der Waals surface area contributed by atoms with Crippen molar-refractivity contribution >= 4 is 5.78 Å². The molecule has 1 fully saturated rings. The predicted octanol–water partition coefficient (Wildman–Crippen LogP) is 1.72. The fraction of sp³-hybridized carbons (Fsp3) is 0.714. The first-order chi connectivity index (χ1) is 3.79. The Labute approximate surface area is 50.1 Å². The quantitative estimate of drug-likeness (QED) is 0.530. The highest BCUT2D eigenvalue weighted by molar-refractivity contribution is 5.77. The second-order valence-electron chi connectivity index (χ2n) is 2.48. The second-order valence-corrected chi connectivity index (χ2v) is 2.48. The molecule has 1 aliphatic rings. The molecule has 0 aliphatic heterocycles. The zero-order valence-corrected chi connectivity index (χ0v) is 5.24. The standard InChI is InChI=1S/C7H11O/c1-6(8)5-7-3-2-4-7/h2-5H2,1H3. The second kappa shape index (κ2) is 2.29. The topological polar surface area (TPSA) is 17.1 Å². The van der Waals surface area contributed by atoms with Crippen LogP contribution in [0.15, 0.2) is 0 Å². The van der Waals surface area contributed by atoms with Crippen LogP contribution >= 0.6 is 0 Å². The van der Waals surface area contributed by atoms with Crippen molar-refractivity contribution in [1.29, 1.82) is 0 Å². The molecule has 0 aromatic heterocycles. The Morgan fingerprint density at radius 3 is 2.38 bits per heavy atom. The van der Waals surface area contributed by atoms with Gasteiger partial charge < -0.3 is 4.79 Å². The number of hydrogen-bond acceptors (Lipinski definition) is 1. The van der Waals surface area contributed by atoms with Gasteiger partial charge in [0.1, 0.15) is 5.78 Å². The van der Waals surface area contributed by atoms with Gasteiger partial charge in [0.15, 0.2) is 0 Å². The number of hydrogen-bond donors (Lipinski definition) is 0. The monoisotopic (exact) mass is 111 g/mol. The summed E-state index contributed by atoms with van der Waals surface area (Å²) in [5.41, 5.74) is 0. The van der Waals surface area contributed by atoms with Crippen LogP contribution in [0.3, 0.4) is 0 Å². The first kappa shape index (κ1) is 5.80. The van der Waals surface area contributed by atoms with Gasteiger partial charge in [0, 0.05) is 6.42 Å². The molecular formula is C7H11O. The van der Waals surface area contributed by atoms with Crippen LogP contribution in [0.2, 0.25) is 0 Å².